The van der Waals surface area contributed by atoms with Crippen molar-refractivity contribution in [3.8, 4) is 0 Å². The Balaban J connectivity index is 1.99. The molecule has 0 unspecified atom stereocenters. The Hall–Kier alpha value is -0.650. The van der Waals surface area contributed by atoms with Crippen LogP contribution in [0, 0.1) is 0 Å². The molecule has 0 aliphatic heterocycles. The number of rotatable bonds is 6. The number of methoxy groups -OCH3 is 1. The van der Waals surface area contributed by atoms with Crippen molar-refractivity contribution in [1.82, 2.24) is 10.3 Å². The molecule has 1 aromatic rings. The van der Waals surface area contributed by atoms with E-state index in [1.54, 1.807) is 18.4 Å². The van der Waals surface area contributed by atoms with Gasteiger partial charge in [0.2, 0.25) is 0 Å². The standard InChI is InChI=1S/C13H23N3OS/c1-16(2)13-15-11(9-17-3)12(18-13)8-14-10-6-4-5-7-10/h10,14H,4-9H2,1-3H3. The molecule has 0 amide bonds. The van der Waals surface area contributed by atoms with E-state index in [1.807, 2.05) is 14.1 Å². The van der Waals surface area contributed by atoms with Crippen molar-refractivity contribution in [2.24, 2.45) is 0 Å². The highest BCUT2D eigenvalue weighted by Gasteiger charge is 2.17. The molecule has 1 heterocycles. The summed E-state index contributed by atoms with van der Waals surface area (Å²) < 4.78 is 5.23. The Morgan fingerprint density at radius 2 is 2.11 bits per heavy atom. The highest BCUT2D eigenvalue weighted by atomic mass is 32.1. The molecule has 18 heavy (non-hydrogen) atoms. The van der Waals surface area contributed by atoms with Crippen LogP contribution in [0.2, 0.25) is 0 Å². The number of nitrogens with one attached hydrogen (secondary N) is 1. The van der Waals surface area contributed by atoms with Gasteiger partial charge in [0.25, 0.3) is 0 Å². The fourth-order valence-corrected chi connectivity index (χ4v) is 3.25. The Morgan fingerprint density at radius 1 is 1.39 bits per heavy atom. The van der Waals surface area contributed by atoms with Gasteiger partial charge >= 0.3 is 0 Å². The Bertz CT molecular complexity index is 372. The number of aromatic nitrogens is 1. The normalized spacial score (nSPS) is 16.4. The van der Waals surface area contributed by atoms with Crippen LogP contribution in [0.4, 0.5) is 5.13 Å². The molecule has 0 aromatic carbocycles. The number of anilines is 1. The predicted molar refractivity (Wildman–Crippen MR) is 76.2 cm³/mol. The number of nitrogens with zero attached hydrogens (tertiary/aromatic N) is 2. The molecule has 1 saturated carbocycles. The molecule has 1 fully saturated rings. The maximum atomic E-state index is 5.23. The summed E-state index contributed by atoms with van der Waals surface area (Å²) in [5.74, 6) is 0. The summed E-state index contributed by atoms with van der Waals surface area (Å²) in [7, 11) is 5.79. The van der Waals surface area contributed by atoms with Gasteiger partial charge in [-0.15, -0.1) is 11.3 Å². The van der Waals surface area contributed by atoms with Crippen molar-refractivity contribution >= 4 is 16.5 Å². The Kier molecular flexibility index (Phi) is 4.97. The average molecular weight is 269 g/mol. The zero-order chi connectivity index (χ0) is 13.0. The second-order valence-electron chi connectivity index (χ2n) is 5.06. The van der Waals surface area contributed by atoms with Gasteiger partial charge < -0.3 is 15.0 Å². The van der Waals surface area contributed by atoms with Crippen LogP contribution in [0.5, 0.6) is 0 Å². The van der Waals surface area contributed by atoms with Gasteiger partial charge in [0.1, 0.15) is 0 Å². The SMILES string of the molecule is COCc1nc(N(C)C)sc1CNC1CCCC1. The fourth-order valence-electron chi connectivity index (χ4n) is 2.32. The van der Waals surface area contributed by atoms with E-state index in [4.69, 9.17) is 4.74 Å². The van der Waals surface area contributed by atoms with Crippen LogP contribution in [-0.2, 0) is 17.9 Å². The fraction of sp³-hybridized carbons (Fsp3) is 0.769. The molecule has 0 spiro atoms. The third-order valence-electron chi connectivity index (χ3n) is 3.34. The smallest absolute Gasteiger partial charge is 0.185 e. The molecule has 0 bridgehead atoms. The minimum atomic E-state index is 0.603. The molecule has 0 atom stereocenters. The van der Waals surface area contributed by atoms with Gasteiger partial charge in [0.05, 0.1) is 12.3 Å². The summed E-state index contributed by atoms with van der Waals surface area (Å²) in [6, 6.07) is 0.699. The Morgan fingerprint density at radius 3 is 2.72 bits per heavy atom. The minimum absolute atomic E-state index is 0.603. The molecular formula is C13H23N3OS. The summed E-state index contributed by atoms with van der Waals surface area (Å²) in [4.78, 5) is 7.99. The van der Waals surface area contributed by atoms with Crippen LogP contribution in [-0.4, -0.2) is 32.2 Å². The third-order valence-corrected chi connectivity index (χ3v) is 4.60. The highest BCUT2D eigenvalue weighted by Crippen LogP contribution is 2.26. The van der Waals surface area contributed by atoms with Crippen molar-refractivity contribution in [1.29, 1.82) is 0 Å². The molecule has 1 aromatic heterocycles. The van der Waals surface area contributed by atoms with Gasteiger partial charge in [0, 0.05) is 38.7 Å². The molecule has 5 heteroatoms. The first-order valence-electron chi connectivity index (χ1n) is 6.59. The zero-order valence-corrected chi connectivity index (χ0v) is 12.3. The van der Waals surface area contributed by atoms with Crippen molar-refractivity contribution in [2.75, 3.05) is 26.1 Å². The molecule has 0 saturated heterocycles. The lowest BCUT2D eigenvalue weighted by molar-refractivity contribution is 0.181. The number of thiazole rings is 1. The Labute approximate surface area is 113 Å². The molecule has 102 valence electrons. The largest absolute Gasteiger partial charge is 0.378 e. The first-order chi connectivity index (χ1) is 8.70. The highest BCUT2D eigenvalue weighted by molar-refractivity contribution is 7.15. The van der Waals surface area contributed by atoms with Crippen LogP contribution in [0.3, 0.4) is 0 Å². The lowest BCUT2D eigenvalue weighted by Gasteiger charge is -2.11. The topological polar surface area (TPSA) is 37.4 Å². The molecule has 4 nitrogen and oxygen atoms in total. The molecule has 1 N–H and O–H groups in total. The summed E-state index contributed by atoms with van der Waals surface area (Å²) in [6.45, 7) is 1.53. The molecule has 2 rings (SSSR count). The number of hydrogen-bond donors (Lipinski definition) is 1. The van der Waals surface area contributed by atoms with Gasteiger partial charge in [-0.1, -0.05) is 12.8 Å². The maximum absolute atomic E-state index is 5.23. The lowest BCUT2D eigenvalue weighted by Crippen LogP contribution is -2.25. The monoisotopic (exact) mass is 269 g/mol. The maximum Gasteiger partial charge on any atom is 0.185 e. The van der Waals surface area contributed by atoms with E-state index in [-0.39, 0.29) is 0 Å². The summed E-state index contributed by atoms with van der Waals surface area (Å²) in [5, 5.41) is 4.71. The van der Waals surface area contributed by atoms with Crippen LogP contribution in [0.1, 0.15) is 36.3 Å². The number of hydrogen-bond acceptors (Lipinski definition) is 5. The minimum Gasteiger partial charge on any atom is -0.378 e. The van der Waals surface area contributed by atoms with Crippen molar-refractivity contribution < 1.29 is 4.74 Å². The van der Waals surface area contributed by atoms with Crippen LogP contribution in [0.25, 0.3) is 0 Å². The van der Waals surface area contributed by atoms with Gasteiger partial charge in [0.15, 0.2) is 5.13 Å². The van der Waals surface area contributed by atoms with Crippen LogP contribution < -0.4 is 10.2 Å². The summed E-state index contributed by atoms with van der Waals surface area (Å²) in [6.07, 6.45) is 5.38. The molecule has 1 aliphatic rings. The molecule has 0 radical (unpaired) electrons. The van der Waals surface area contributed by atoms with Crippen molar-refractivity contribution in [2.45, 2.75) is 44.9 Å². The quantitative estimate of drug-likeness (QED) is 0.860. The van der Waals surface area contributed by atoms with Gasteiger partial charge in [-0.05, 0) is 12.8 Å². The third kappa shape index (κ3) is 3.43. The second-order valence-corrected chi connectivity index (χ2v) is 6.12. The second kappa shape index (κ2) is 6.50. The first kappa shape index (κ1) is 13.8. The van der Waals surface area contributed by atoms with Crippen LogP contribution in [0.15, 0.2) is 0 Å². The van der Waals surface area contributed by atoms with Gasteiger partial charge in [-0.2, -0.15) is 0 Å². The molecule has 1 aliphatic carbocycles. The van der Waals surface area contributed by atoms with E-state index in [2.05, 4.69) is 15.2 Å². The van der Waals surface area contributed by atoms with Crippen molar-refractivity contribution in [3.05, 3.63) is 10.6 Å². The first-order valence-corrected chi connectivity index (χ1v) is 7.40. The van der Waals surface area contributed by atoms with E-state index in [9.17, 15) is 0 Å². The molecular weight excluding hydrogens is 246 g/mol. The van der Waals surface area contributed by atoms with E-state index in [1.165, 1.54) is 30.6 Å². The summed E-state index contributed by atoms with van der Waals surface area (Å²) >= 11 is 1.76. The number of ether oxygens (including phenoxy) is 1. The predicted octanol–water partition coefficient (Wildman–Crippen LogP) is 2.39. The van der Waals surface area contributed by atoms with E-state index < -0.39 is 0 Å². The van der Waals surface area contributed by atoms with Crippen molar-refractivity contribution in [3.63, 3.8) is 0 Å². The summed E-state index contributed by atoms with van der Waals surface area (Å²) in [5.41, 5.74) is 1.08. The van der Waals surface area contributed by atoms with E-state index in [0.29, 0.717) is 12.6 Å². The van der Waals surface area contributed by atoms with E-state index in [0.717, 1.165) is 17.4 Å². The lowest BCUT2D eigenvalue weighted by atomic mass is 10.2. The van der Waals surface area contributed by atoms with Gasteiger partial charge in [-0.25, -0.2) is 4.98 Å². The van der Waals surface area contributed by atoms with Gasteiger partial charge in [-0.3, -0.25) is 0 Å². The average Bonchev–Trinajstić information content (AvgIpc) is 2.95. The van der Waals surface area contributed by atoms with Crippen LogP contribution >= 0.6 is 11.3 Å². The van der Waals surface area contributed by atoms with E-state index >= 15 is 0 Å². The zero-order valence-electron chi connectivity index (χ0n) is 11.5.